The topological polar surface area (TPSA) is 49.3 Å². The lowest BCUT2D eigenvalue weighted by atomic mass is 10.2. The molecule has 1 amide bonds. The maximum Gasteiger partial charge on any atom is 0.283 e. The van der Waals surface area contributed by atoms with Gasteiger partial charge in [0.05, 0.1) is 21.1 Å². The van der Waals surface area contributed by atoms with Gasteiger partial charge < -0.3 is 17.5 Å². The second-order valence-electron chi connectivity index (χ2n) is 4.42. The molecule has 0 aromatic rings. The summed E-state index contributed by atoms with van der Waals surface area (Å²) >= 11 is 0. The van der Waals surface area contributed by atoms with E-state index in [-0.39, 0.29) is 22.8 Å². The van der Waals surface area contributed by atoms with E-state index in [1.807, 2.05) is 28.1 Å². The Hall–Kier alpha value is -0.580. The first-order valence-corrected chi connectivity index (χ1v) is 4.66. The molecule has 0 aliphatic rings. The lowest BCUT2D eigenvalue weighted by Gasteiger charge is -2.41. The predicted molar refractivity (Wildman–Crippen MR) is 56.2 cm³/mol. The Kier molecular flexibility index (Phi) is 6.16. The average molecular weight is 237 g/mol. The number of nitrogens with zero attached hydrogens (tertiary/aromatic N) is 1. The van der Waals surface area contributed by atoms with Crippen LogP contribution in [0.1, 0.15) is 20.3 Å². The molecule has 4 nitrogen and oxygen atoms in total. The van der Waals surface area contributed by atoms with Crippen LogP contribution in [0.3, 0.4) is 0 Å². The summed E-state index contributed by atoms with van der Waals surface area (Å²) in [5, 5.41) is 12.7. The van der Waals surface area contributed by atoms with E-state index in [0.717, 1.165) is 0 Å². The number of carbonyl (C=O) groups excluding carboxylic acids is 1. The summed E-state index contributed by atoms with van der Waals surface area (Å²) in [4.78, 5) is 11.4. The lowest BCUT2D eigenvalue weighted by Crippen LogP contribution is -3.00. The molecular weight excluding hydrogens is 216 g/mol. The van der Waals surface area contributed by atoms with Gasteiger partial charge in [0.1, 0.15) is 0 Å². The summed E-state index contributed by atoms with van der Waals surface area (Å²) in [6.45, 7) is 6.96. The minimum atomic E-state index is -1.24. The smallest absolute Gasteiger partial charge is 0.283 e. The number of aliphatic hydroxyl groups is 1. The van der Waals surface area contributed by atoms with Crippen LogP contribution in [0.25, 0.3) is 0 Å². The molecule has 0 fully saturated rings. The summed E-state index contributed by atoms with van der Waals surface area (Å²) in [5.41, 5.74) is 0.394. The molecule has 1 unspecified atom stereocenters. The zero-order valence-electron chi connectivity index (χ0n) is 10.1. The molecule has 0 rings (SSSR count). The van der Waals surface area contributed by atoms with Gasteiger partial charge in [0, 0.05) is 12.0 Å². The van der Waals surface area contributed by atoms with Gasteiger partial charge in [-0.15, -0.1) is 0 Å². The fourth-order valence-corrected chi connectivity index (χ4v) is 1.02. The Morgan fingerprint density at radius 1 is 1.47 bits per heavy atom. The molecular formula is C10H21ClN2O2. The number of rotatable bonds is 4. The molecule has 0 saturated carbocycles. The van der Waals surface area contributed by atoms with Gasteiger partial charge >= 0.3 is 0 Å². The number of quaternary nitrogens is 1. The van der Waals surface area contributed by atoms with Crippen molar-refractivity contribution in [2.45, 2.75) is 26.1 Å². The number of amides is 1. The molecule has 0 heterocycles. The van der Waals surface area contributed by atoms with Crippen LogP contribution in [-0.2, 0) is 4.79 Å². The van der Waals surface area contributed by atoms with E-state index in [2.05, 4.69) is 11.9 Å². The van der Waals surface area contributed by atoms with Crippen LogP contribution >= 0.6 is 0 Å². The summed E-state index contributed by atoms with van der Waals surface area (Å²) < 4.78 is 0.252. The molecule has 5 heteroatoms. The molecule has 90 valence electrons. The fraction of sp³-hybridized carbons (Fsp3) is 0.700. The zero-order valence-corrected chi connectivity index (χ0v) is 10.9. The van der Waals surface area contributed by atoms with E-state index in [4.69, 9.17) is 0 Å². The maximum atomic E-state index is 11.4. The van der Waals surface area contributed by atoms with E-state index >= 15 is 0 Å². The van der Waals surface area contributed by atoms with Crippen LogP contribution in [0.4, 0.5) is 0 Å². The van der Waals surface area contributed by atoms with Gasteiger partial charge in [-0.2, -0.15) is 0 Å². The molecule has 0 saturated heterocycles. The predicted octanol–water partition coefficient (Wildman–Crippen LogP) is -2.55. The first-order valence-electron chi connectivity index (χ1n) is 4.66. The largest absolute Gasteiger partial charge is 1.00 e. The van der Waals surface area contributed by atoms with Gasteiger partial charge in [-0.3, -0.25) is 14.6 Å². The molecule has 0 aliphatic heterocycles. The van der Waals surface area contributed by atoms with Crippen molar-refractivity contribution in [3.05, 3.63) is 12.2 Å². The third kappa shape index (κ3) is 4.20. The van der Waals surface area contributed by atoms with Crippen molar-refractivity contribution in [2.24, 2.45) is 0 Å². The van der Waals surface area contributed by atoms with Crippen LogP contribution in [0.5, 0.6) is 0 Å². The van der Waals surface area contributed by atoms with Crippen LogP contribution in [0.2, 0.25) is 0 Å². The van der Waals surface area contributed by atoms with Crippen molar-refractivity contribution >= 4 is 5.91 Å². The highest BCUT2D eigenvalue weighted by Gasteiger charge is 2.40. The van der Waals surface area contributed by atoms with Crippen LogP contribution in [0.15, 0.2) is 12.2 Å². The minimum absolute atomic E-state index is 0. The van der Waals surface area contributed by atoms with Crippen molar-refractivity contribution in [2.75, 3.05) is 21.1 Å². The van der Waals surface area contributed by atoms with E-state index in [1.54, 1.807) is 6.92 Å². The molecule has 0 radical (unpaired) electrons. The molecule has 0 aromatic heterocycles. The molecule has 0 bridgehead atoms. The van der Waals surface area contributed by atoms with E-state index in [1.165, 1.54) is 0 Å². The van der Waals surface area contributed by atoms with E-state index in [9.17, 15) is 9.90 Å². The van der Waals surface area contributed by atoms with E-state index < -0.39 is 5.85 Å². The van der Waals surface area contributed by atoms with Crippen LogP contribution < -0.4 is 17.7 Å². The molecule has 0 spiro atoms. The minimum Gasteiger partial charge on any atom is -1.00 e. The monoisotopic (exact) mass is 236 g/mol. The van der Waals surface area contributed by atoms with Gasteiger partial charge in [0.2, 0.25) is 0 Å². The maximum absolute atomic E-state index is 11.4. The highest BCUT2D eigenvalue weighted by molar-refractivity contribution is 5.92. The molecule has 15 heavy (non-hydrogen) atoms. The van der Waals surface area contributed by atoms with Crippen molar-refractivity contribution in [3.8, 4) is 0 Å². The second kappa shape index (κ2) is 5.49. The van der Waals surface area contributed by atoms with Crippen LogP contribution in [0, 0.1) is 0 Å². The van der Waals surface area contributed by atoms with Gasteiger partial charge in [-0.25, -0.2) is 0 Å². The quantitative estimate of drug-likeness (QED) is 0.321. The molecule has 0 aromatic carbocycles. The van der Waals surface area contributed by atoms with Crippen molar-refractivity contribution in [3.63, 3.8) is 0 Å². The first-order chi connectivity index (χ1) is 6.14. The van der Waals surface area contributed by atoms with Gasteiger partial charge in [0.25, 0.3) is 11.8 Å². The van der Waals surface area contributed by atoms with E-state index in [0.29, 0.717) is 12.0 Å². The third-order valence-corrected chi connectivity index (χ3v) is 2.30. The number of nitrogens with one attached hydrogen (secondary N) is 1. The normalized spacial score (nSPS) is 14.8. The number of hydrogen-bond donors (Lipinski definition) is 2. The summed E-state index contributed by atoms with van der Waals surface area (Å²) in [7, 11) is 5.46. The third-order valence-electron chi connectivity index (χ3n) is 2.30. The van der Waals surface area contributed by atoms with Crippen molar-refractivity contribution in [1.82, 2.24) is 5.32 Å². The van der Waals surface area contributed by atoms with Gasteiger partial charge in [-0.05, 0) is 6.92 Å². The average Bonchev–Trinajstić information content (AvgIpc) is 2.01. The molecule has 1 atom stereocenters. The SMILES string of the molecule is C=C(C)C(=O)NC(O)(CC)[N+](C)(C)C.[Cl-]. The molecule has 0 aliphatic carbocycles. The van der Waals surface area contributed by atoms with Crippen molar-refractivity contribution in [1.29, 1.82) is 0 Å². The Balaban J connectivity index is 0. The number of halogens is 1. The Morgan fingerprint density at radius 2 is 1.87 bits per heavy atom. The lowest BCUT2D eigenvalue weighted by molar-refractivity contribution is -0.953. The summed E-state index contributed by atoms with van der Waals surface area (Å²) in [6.07, 6.45) is 0.440. The number of carbonyl (C=O) groups is 1. The highest BCUT2D eigenvalue weighted by atomic mass is 35.5. The standard InChI is InChI=1S/C10H20N2O2.ClH/c1-7-10(14,12(4,5)6)11-9(13)8(2)3;/h14H,2,7H2,1,3-6H3;1H. The Morgan fingerprint density at radius 3 is 2.07 bits per heavy atom. The second-order valence-corrected chi connectivity index (χ2v) is 4.42. The Bertz CT molecular complexity index is 248. The van der Waals surface area contributed by atoms with Crippen LogP contribution in [-0.4, -0.2) is 42.5 Å². The van der Waals surface area contributed by atoms with Gasteiger partial charge in [-0.1, -0.05) is 13.5 Å². The summed E-state index contributed by atoms with van der Waals surface area (Å²) in [5.74, 6) is -1.56. The zero-order chi connectivity index (χ0) is 11.6. The highest BCUT2D eigenvalue weighted by Crippen LogP contribution is 2.16. The first kappa shape index (κ1) is 16.8. The number of hydrogen-bond acceptors (Lipinski definition) is 2. The Labute approximate surface area is 98.0 Å². The fourth-order valence-electron chi connectivity index (χ4n) is 1.02. The molecule has 2 N–H and O–H groups in total. The summed E-state index contributed by atoms with van der Waals surface area (Å²) in [6, 6.07) is 0. The van der Waals surface area contributed by atoms with Crippen molar-refractivity contribution < 1.29 is 26.8 Å². The van der Waals surface area contributed by atoms with Gasteiger partial charge in [0.15, 0.2) is 0 Å².